The average molecular weight is 257 g/mol. The van der Waals surface area contributed by atoms with Crippen molar-refractivity contribution in [2.75, 3.05) is 33.4 Å². The number of hydrogen-bond acceptors (Lipinski definition) is 3. The van der Waals surface area contributed by atoms with Crippen LogP contribution >= 0.6 is 0 Å². The van der Waals surface area contributed by atoms with Gasteiger partial charge in [-0.05, 0) is 19.4 Å². The fourth-order valence-corrected chi connectivity index (χ4v) is 2.83. The summed E-state index contributed by atoms with van der Waals surface area (Å²) in [5.41, 5.74) is -0.518. The lowest BCUT2D eigenvalue weighted by Gasteiger charge is -2.36. The second-order valence-corrected chi connectivity index (χ2v) is 5.95. The third kappa shape index (κ3) is 5.68. The van der Waals surface area contributed by atoms with Crippen LogP contribution in [0.3, 0.4) is 0 Å². The van der Waals surface area contributed by atoms with E-state index in [1.54, 1.807) is 0 Å². The number of aliphatic hydroxyl groups is 1. The molecule has 18 heavy (non-hydrogen) atoms. The SMILES string of the molecule is CCCCC(CC)CN(C)CC1(O)CCOCC1. The molecule has 0 aliphatic carbocycles. The van der Waals surface area contributed by atoms with E-state index in [1.165, 1.54) is 25.7 Å². The molecule has 1 rings (SSSR count). The molecule has 1 saturated heterocycles. The lowest BCUT2D eigenvalue weighted by molar-refractivity contribution is -0.0781. The summed E-state index contributed by atoms with van der Waals surface area (Å²) >= 11 is 0. The van der Waals surface area contributed by atoms with Gasteiger partial charge in [-0.2, -0.15) is 0 Å². The molecule has 1 atom stereocenters. The van der Waals surface area contributed by atoms with Crippen LogP contribution in [0.15, 0.2) is 0 Å². The highest BCUT2D eigenvalue weighted by atomic mass is 16.5. The van der Waals surface area contributed by atoms with Crippen molar-refractivity contribution in [2.45, 2.75) is 58.0 Å². The zero-order chi connectivity index (χ0) is 13.4. The molecule has 1 aliphatic rings. The van der Waals surface area contributed by atoms with Gasteiger partial charge in [0.2, 0.25) is 0 Å². The highest BCUT2D eigenvalue weighted by Crippen LogP contribution is 2.22. The van der Waals surface area contributed by atoms with Gasteiger partial charge in [-0.25, -0.2) is 0 Å². The quantitative estimate of drug-likeness (QED) is 0.725. The van der Waals surface area contributed by atoms with Crippen molar-refractivity contribution in [3.63, 3.8) is 0 Å². The van der Waals surface area contributed by atoms with E-state index in [-0.39, 0.29) is 0 Å². The lowest BCUT2D eigenvalue weighted by atomic mass is 9.92. The van der Waals surface area contributed by atoms with Gasteiger partial charge in [-0.3, -0.25) is 0 Å². The summed E-state index contributed by atoms with van der Waals surface area (Å²) in [5, 5.41) is 10.5. The van der Waals surface area contributed by atoms with Gasteiger partial charge in [0.15, 0.2) is 0 Å². The van der Waals surface area contributed by atoms with E-state index in [0.717, 1.165) is 31.8 Å². The van der Waals surface area contributed by atoms with E-state index >= 15 is 0 Å². The third-order valence-electron chi connectivity index (χ3n) is 4.10. The molecular weight excluding hydrogens is 226 g/mol. The van der Waals surface area contributed by atoms with Crippen molar-refractivity contribution in [2.24, 2.45) is 5.92 Å². The number of rotatable bonds is 8. The third-order valence-corrected chi connectivity index (χ3v) is 4.10. The second-order valence-electron chi connectivity index (χ2n) is 5.95. The molecule has 1 fully saturated rings. The fraction of sp³-hybridized carbons (Fsp3) is 1.00. The Bertz CT molecular complexity index is 215. The summed E-state index contributed by atoms with van der Waals surface area (Å²) < 4.78 is 5.32. The molecule has 0 saturated carbocycles. The van der Waals surface area contributed by atoms with E-state index < -0.39 is 5.60 Å². The molecule has 3 heteroatoms. The first kappa shape index (κ1) is 15.9. The van der Waals surface area contributed by atoms with Gasteiger partial charge < -0.3 is 14.7 Å². The van der Waals surface area contributed by atoms with Crippen molar-refractivity contribution in [1.29, 1.82) is 0 Å². The van der Waals surface area contributed by atoms with Crippen LogP contribution in [0.25, 0.3) is 0 Å². The molecule has 0 aromatic rings. The number of unbranched alkanes of at least 4 members (excludes halogenated alkanes) is 1. The van der Waals surface area contributed by atoms with Gasteiger partial charge in [0.05, 0.1) is 5.60 Å². The van der Waals surface area contributed by atoms with E-state index in [9.17, 15) is 5.11 Å². The maximum absolute atomic E-state index is 10.5. The van der Waals surface area contributed by atoms with Gasteiger partial charge >= 0.3 is 0 Å². The van der Waals surface area contributed by atoms with Gasteiger partial charge in [0, 0.05) is 39.1 Å². The molecule has 0 bridgehead atoms. The minimum absolute atomic E-state index is 0.518. The molecule has 0 aromatic carbocycles. The minimum atomic E-state index is -0.518. The van der Waals surface area contributed by atoms with Crippen molar-refractivity contribution in [1.82, 2.24) is 4.90 Å². The molecule has 0 radical (unpaired) electrons. The van der Waals surface area contributed by atoms with Gasteiger partial charge in [-0.1, -0.05) is 33.1 Å². The molecule has 0 spiro atoms. The van der Waals surface area contributed by atoms with Crippen LogP contribution in [0.5, 0.6) is 0 Å². The molecule has 3 nitrogen and oxygen atoms in total. The van der Waals surface area contributed by atoms with E-state index in [2.05, 4.69) is 25.8 Å². The first-order chi connectivity index (χ1) is 8.59. The molecule has 1 N–H and O–H groups in total. The normalized spacial score (nSPS) is 21.2. The predicted octanol–water partition coefficient (Wildman–Crippen LogP) is 2.68. The van der Waals surface area contributed by atoms with Crippen LogP contribution in [-0.4, -0.2) is 49.0 Å². The number of nitrogens with zero attached hydrogens (tertiary/aromatic N) is 1. The van der Waals surface area contributed by atoms with Gasteiger partial charge in [0.1, 0.15) is 0 Å². The Labute approximate surface area is 113 Å². The number of likely N-dealkylation sites (N-methyl/N-ethyl adjacent to an activating group) is 1. The predicted molar refractivity (Wildman–Crippen MR) is 75.8 cm³/mol. The van der Waals surface area contributed by atoms with Crippen molar-refractivity contribution < 1.29 is 9.84 Å². The molecular formula is C15H31NO2. The summed E-state index contributed by atoms with van der Waals surface area (Å²) in [6.07, 6.45) is 6.73. The van der Waals surface area contributed by atoms with Gasteiger partial charge in [-0.15, -0.1) is 0 Å². The van der Waals surface area contributed by atoms with E-state index in [1.807, 2.05) is 0 Å². The Kier molecular flexibility index (Phi) is 7.20. The Balaban J connectivity index is 2.31. The zero-order valence-corrected chi connectivity index (χ0v) is 12.5. The Hall–Kier alpha value is -0.120. The number of hydrogen-bond donors (Lipinski definition) is 1. The lowest BCUT2D eigenvalue weighted by Crippen LogP contribution is -2.46. The van der Waals surface area contributed by atoms with Crippen molar-refractivity contribution >= 4 is 0 Å². The molecule has 0 aromatic heterocycles. The minimum Gasteiger partial charge on any atom is -0.388 e. The summed E-state index contributed by atoms with van der Waals surface area (Å²) in [6.45, 7) is 7.84. The summed E-state index contributed by atoms with van der Waals surface area (Å²) in [7, 11) is 2.14. The molecule has 1 heterocycles. The topological polar surface area (TPSA) is 32.7 Å². The van der Waals surface area contributed by atoms with Gasteiger partial charge in [0.25, 0.3) is 0 Å². The van der Waals surface area contributed by atoms with E-state index in [0.29, 0.717) is 13.2 Å². The first-order valence-corrected chi connectivity index (χ1v) is 7.58. The highest BCUT2D eigenvalue weighted by molar-refractivity contribution is 4.84. The second kappa shape index (κ2) is 8.13. The summed E-state index contributed by atoms with van der Waals surface area (Å²) in [6, 6.07) is 0. The molecule has 108 valence electrons. The maximum Gasteiger partial charge on any atom is 0.0817 e. The van der Waals surface area contributed by atoms with Crippen molar-refractivity contribution in [3.05, 3.63) is 0 Å². The summed E-state index contributed by atoms with van der Waals surface area (Å²) in [4.78, 5) is 2.31. The maximum atomic E-state index is 10.5. The largest absolute Gasteiger partial charge is 0.388 e. The van der Waals surface area contributed by atoms with Crippen LogP contribution in [0, 0.1) is 5.92 Å². The van der Waals surface area contributed by atoms with Crippen molar-refractivity contribution in [3.8, 4) is 0 Å². The average Bonchev–Trinajstić information content (AvgIpc) is 2.34. The molecule has 1 unspecified atom stereocenters. The Morgan fingerprint density at radius 3 is 2.50 bits per heavy atom. The standard InChI is InChI=1S/C15H31NO2/c1-4-6-7-14(5-2)12-16(3)13-15(17)8-10-18-11-9-15/h14,17H,4-13H2,1-3H3. The first-order valence-electron chi connectivity index (χ1n) is 7.58. The van der Waals surface area contributed by atoms with Crippen LogP contribution in [0.4, 0.5) is 0 Å². The molecule has 1 aliphatic heterocycles. The Morgan fingerprint density at radius 2 is 1.94 bits per heavy atom. The zero-order valence-electron chi connectivity index (χ0n) is 12.5. The Morgan fingerprint density at radius 1 is 1.28 bits per heavy atom. The fourth-order valence-electron chi connectivity index (χ4n) is 2.83. The van der Waals surface area contributed by atoms with Crippen LogP contribution in [0.2, 0.25) is 0 Å². The van der Waals surface area contributed by atoms with E-state index in [4.69, 9.17) is 4.74 Å². The summed E-state index contributed by atoms with van der Waals surface area (Å²) in [5.74, 6) is 0.776. The highest BCUT2D eigenvalue weighted by Gasteiger charge is 2.31. The smallest absolute Gasteiger partial charge is 0.0817 e. The molecule has 0 amide bonds. The van der Waals surface area contributed by atoms with Crippen LogP contribution < -0.4 is 0 Å². The monoisotopic (exact) mass is 257 g/mol. The van der Waals surface area contributed by atoms with Crippen LogP contribution in [0.1, 0.15) is 52.4 Å². The van der Waals surface area contributed by atoms with Crippen LogP contribution in [-0.2, 0) is 4.74 Å². The number of ether oxygens (including phenoxy) is 1.